The van der Waals surface area contributed by atoms with Gasteiger partial charge in [-0.05, 0) is 41.8 Å². The number of rotatable bonds is 12. The SMILES string of the molecule is C#CCOCC(O)COc1c(Cl)cc(C(C)(C)c2cc(Cl)c(OCC(O)CC)c(Cl)c2)cc1Cl. The number of ether oxygens (including phenoxy) is 3. The third-order valence-electron chi connectivity index (χ3n) is 5.25. The van der Waals surface area contributed by atoms with E-state index in [1.54, 1.807) is 24.3 Å². The molecule has 0 aromatic heterocycles. The van der Waals surface area contributed by atoms with E-state index in [-0.39, 0.29) is 42.2 Å². The molecule has 2 N–H and O–H groups in total. The molecular weight excluding hydrogens is 522 g/mol. The summed E-state index contributed by atoms with van der Waals surface area (Å²) < 4.78 is 16.3. The summed E-state index contributed by atoms with van der Waals surface area (Å²) in [6.45, 7) is 5.97. The molecule has 2 atom stereocenters. The zero-order valence-electron chi connectivity index (χ0n) is 19.2. The van der Waals surface area contributed by atoms with E-state index in [9.17, 15) is 10.2 Å². The summed E-state index contributed by atoms with van der Waals surface area (Å²) in [6.07, 6.45) is 4.17. The standard InChI is InChI=1S/C25H28Cl4O5/c1-5-7-32-12-18(31)14-34-24-21(28)10-16(11-22(24)29)25(3,4)15-8-19(26)23(20(27)9-15)33-13-17(30)6-2/h1,8-11,17-18,30-31H,6-7,12-14H2,2-4H3. The summed E-state index contributed by atoms with van der Waals surface area (Å²) in [5, 5.41) is 20.9. The number of halogens is 4. The average molecular weight is 550 g/mol. The molecule has 0 saturated heterocycles. The molecule has 0 amide bonds. The number of aliphatic hydroxyl groups excluding tert-OH is 2. The maximum Gasteiger partial charge on any atom is 0.156 e. The third-order valence-corrected chi connectivity index (χ3v) is 6.37. The van der Waals surface area contributed by atoms with Crippen LogP contribution in [-0.2, 0) is 10.2 Å². The van der Waals surface area contributed by atoms with Crippen molar-refractivity contribution in [1.29, 1.82) is 0 Å². The molecule has 0 aliphatic rings. The number of aliphatic hydroxyl groups is 2. The topological polar surface area (TPSA) is 68.2 Å². The van der Waals surface area contributed by atoms with Gasteiger partial charge in [-0.25, -0.2) is 0 Å². The van der Waals surface area contributed by atoms with Crippen LogP contribution in [0, 0.1) is 12.3 Å². The van der Waals surface area contributed by atoms with Crippen molar-refractivity contribution in [2.24, 2.45) is 0 Å². The van der Waals surface area contributed by atoms with Gasteiger partial charge in [-0.1, -0.05) is 73.1 Å². The second kappa shape index (κ2) is 13.1. The van der Waals surface area contributed by atoms with Crippen LogP contribution >= 0.6 is 46.4 Å². The molecule has 0 radical (unpaired) electrons. The summed E-state index contributed by atoms with van der Waals surface area (Å²) in [7, 11) is 0. The quantitative estimate of drug-likeness (QED) is 0.245. The lowest BCUT2D eigenvalue weighted by molar-refractivity contribution is 0.0229. The summed E-state index contributed by atoms with van der Waals surface area (Å²) in [5.41, 5.74) is 1.03. The molecular formula is C25H28Cl4O5. The van der Waals surface area contributed by atoms with E-state index in [2.05, 4.69) is 5.92 Å². The molecule has 5 nitrogen and oxygen atoms in total. The summed E-state index contributed by atoms with van der Waals surface area (Å²) in [6, 6.07) is 7.02. The van der Waals surface area contributed by atoms with E-state index in [1.165, 1.54) is 0 Å². The van der Waals surface area contributed by atoms with Gasteiger partial charge in [-0.2, -0.15) is 0 Å². The van der Waals surface area contributed by atoms with Gasteiger partial charge in [0.05, 0.1) is 32.8 Å². The average Bonchev–Trinajstić information content (AvgIpc) is 2.77. The van der Waals surface area contributed by atoms with Crippen molar-refractivity contribution in [3.63, 3.8) is 0 Å². The Morgan fingerprint density at radius 1 is 0.824 bits per heavy atom. The minimum Gasteiger partial charge on any atom is -0.488 e. The van der Waals surface area contributed by atoms with Gasteiger partial charge in [-0.15, -0.1) is 6.42 Å². The zero-order chi connectivity index (χ0) is 25.5. The maximum atomic E-state index is 9.95. The molecule has 0 heterocycles. The number of terminal acetylenes is 1. The highest BCUT2D eigenvalue weighted by molar-refractivity contribution is 6.38. The normalized spacial score (nSPS) is 13.3. The molecule has 2 aromatic carbocycles. The van der Waals surface area contributed by atoms with Crippen LogP contribution in [0.3, 0.4) is 0 Å². The van der Waals surface area contributed by atoms with E-state index in [0.717, 1.165) is 11.1 Å². The molecule has 2 aromatic rings. The van der Waals surface area contributed by atoms with Crippen LogP contribution in [0.5, 0.6) is 11.5 Å². The van der Waals surface area contributed by atoms with Crippen LogP contribution in [-0.4, -0.2) is 48.8 Å². The van der Waals surface area contributed by atoms with Gasteiger partial charge >= 0.3 is 0 Å². The Balaban J connectivity index is 2.24. The predicted molar refractivity (Wildman–Crippen MR) is 138 cm³/mol. The molecule has 0 aliphatic carbocycles. The lowest BCUT2D eigenvalue weighted by Gasteiger charge is -2.28. The first-order valence-corrected chi connectivity index (χ1v) is 12.1. The minimum atomic E-state index is -0.889. The Hall–Kier alpha value is -1.36. The van der Waals surface area contributed by atoms with Crippen LogP contribution in [0.4, 0.5) is 0 Å². The first kappa shape index (κ1) is 28.9. The van der Waals surface area contributed by atoms with E-state index >= 15 is 0 Å². The number of benzene rings is 2. The fraction of sp³-hybridized carbons (Fsp3) is 0.440. The molecule has 34 heavy (non-hydrogen) atoms. The van der Waals surface area contributed by atoms with Crippen LogP contribution < -0.4 is 9.47 Å². The Bertz CT molecular complexity index is 973. The van der Waals surface area contributed by atoms with E-state index < -0.39 is 17.6 Å². The molecule has 186 valence electrons. The zero-order valence-corrected chi connectivity index (χ0v) is 22.2. The number of hydrogen-bond donors (Lipinski definition) is 2. The summed E-state index contributed by atoms with van der Waals surface area (Å²) >= 11 is 25.8. The van der Waals surface area contributed by atoms with Crippen LogP contribution in [0.1, 0.15) is 38.3 Å². The Morgan fingerprint density at radius 3 is 1.62 bits per heavy atom. The monoisotopic (exact) mass is 548 g/mol. The Morgan fingerprint density at radius 2 is 1.24 bits per heavy atom. The first-order chi connectivity index (χ1) is 16.0. The van der Waals surface area contributed by atoms with Crippen molar-refractivity contribution in [3.05, 3.63) is 55.5 Å². The molecule has 2 unspecified atom stereocenters. The van der Waals surface area contributed by atoms with E-state index in [4.69, 9.17) is 67.0 Å². The Kier molecular flexibility index (Phi) is 11.1. The van der Waals surface area contributed by atoms with Gasteiger partial charge in [0.15, 0.2) is 11.5 Å². The van der Waals surface area contributed by atoms with Gasteiger partial charge in [0, 0.05) is 5.41 Å². The summed E-state index contributed by atoms with van der Waals surface area (Å²) in [4.78, 5) is 0. The Labute approximate surface area is 220 Å². The second-order valence-corrected chi connectivity index (χ2v) is 9.85. The highest BCUT2D eigenvalue weighted by Gasteiger charge is 2.28. The van der Waals surface area contributed by atoms with Gasteiger partial charge in [0.1, 0.15) is 25.9 Å². The van der Waals surface area contributed by atoms with Gasteiger partial charge in [0.2, 0.25) is 0 Å². The predicted octanol–water partition coefficient (Wildman–Crippen LogP) is 6.17. The molecule has 9 heteroatoms. The molecule has 0 fully saturated rings. The molecule has 2 rings (SSSR count). The van der Waals surface area contributed by atoms with Crippen LogP contribution in [0.2, 0.25) is 20.1 Å². The van der Waals surface area contributed by atoms with Crippen molar-refractivity contribution in [3.8, 4) is 23.8 Å². The van der Waals surface area contributed by atoms with Crippen molar-refractivity contribution in [2.45, 2.75) is 44.8 Å². The lowest BCUT2D eigenvalue weighted by atomic mass is 9.78. The van der Waals surface area contributed by atoms with Crippen LogP contribution in [0.25, 0.3) is 0 Å². The molecule has 0 saturated carbocycles. The summed E-state index contributed by atoms with van der Waals surface area (Å²) in [5.74, 6) is 2.90. The molecule has 0 aliphatic heterocycles. The second-order valence-electron chi connectivity index (χ2n) is 8.22. The minimum absolute atomic E-state index is 0.0309. The largest absolute Gasteiger partial charge is 0.488 e. The smallest absolute Gasteiger partial charge is 0.156 e. The maximum absolute atomic E-state index is 9.95. The van der Waals surface area contributed by atoms with Gasteiger partial charge < -0.3 is 24.4 Å². The highest BCUT2D eigenvalue weighted by atomic mass is 35.5. The van der Waals surface area contributed by atoms with E-state index in [1.807, 2.05) is 20.8 Å². The first-order valence-electron chi connectivity index (χ1n) is 10.6. The van der Waals surface area contributed by atoms with E-state index in [0.29, 0.717) is 22.2 Å². The third kappa shape index (κ3) is 7.57. The van der Waals surface area contributed by atoms with Gasteiger partial charge in [-0.3, -0.25) is 0 Å². The van der Waals surface area contributed by atoms with Gasteiger partial charge in [0.25, 0.3) is 0 Å². The highest BCUT2D eigenvalue weighted by Crippen LogP contribution is 2.43. The van der Waals surface area contributed by atoms with Crippen LogP contribution in [0.15, 0.2) is 24.3 Å². The van der Waals surface area contributed by atoms with Crippen molar-refractivity contribution in [2.75, 3.05) is 26.4 Å². The van der Waals surface area contributed by atoms with Crippen molar-refractivity contribution < 1.29 is 24.4 Å². The molecule has 0 spiro atoms. The van der Waals surface area contributed by atoms with Crippen molar-refractivity contribution in [1.82, 2.24) is 0 Å². The fourth-order valence-corrected chi connectivity index (χ4v) is 4.26. The fourth-order valence-electron chi connectivity index (χ4n) is 3.06. The molecule has 0 bridgehead atoms. The number of hydrogen-bond acceptors (Lipinski definition) is 5. The lowest BCUT2D eigenvalue weighted by Crippen LogP contribution is -2.24. The van der Waals surface area contributed by atoms with Crippen molar-refractivity contribution >= 4 is 46.4 Å².